The van der Waals surface area contributed by atoms with Crippen LogP contribution in [0.4, 0.5) is 0 Å². The van der Waals surface area contributed by atoms with Gasteiger partial charge in [-0.2, -0.15) is 0 Å². The van der Waals surface area contributed by atoms with Crippen LogP contribution < -0.4 is 0 Å². The first-order valence-corrected chi connectivity index (χ1v) is 4.05. The Balaban J connectivity index is 0.000000261. The number of hydrogen-bond acceptors (Lipinski definition) is 3. The van der Waals surface area contributed by atoms with Crippen LogP contribution in [0.1, 0.15) is 33.1 Å². The summed E-state index contributed by atoms with van der Waals surface area (Å²) < 4.78 is 5.04. The van der Waals surface area contributed by atoms with Gasteiger partial charge in [-0.3, -0.25) is 4.79 Å². The second-order valence-electron chi connectivity index (χ2n) is 2.85. The maximum Gasteiger partial charge on any atom is 0.300 e. The Morgan fingerprint density at radius 3 is 2.25 bits per heavy atom. The molecule has 0 aromatic rings. The molecule has 1 heterocycles. The summed E-state index contributed by atoms with van der Waals surface area (Å²) in [6.45, 7) is 3.07. The van der Waals surface area contributed by atoms with E-state index in [2.05, 4.69) is 0 Å². The lowest BCUT2D eigenvalue weighted by Gasteiger charge is -2.23. The molecule has 1 saturated heterocycles. The zero-order chi connectivity index (χ0) is 9.56. The number of hydrogen-bond donors (Lipinski definition) is 2. The number of ether oxygens (including phenoxy) is 1. The van der Waals surface area contributed by atoms with Gasteiger partial charge in [-0.25, -0.2) is 0 Å². The molecule has 0 unspecified atom stereocenters. The highest BCUT2D eigenvalue weighted by Crippen LogP contribution is 2.15. The lowest BCUT2D eigenvalue weighted by atomic mass is 10.1. The Labute approximate surface area is 72.2 Å². The van der Waals surface area contributed by atoms with Crippen LogP contribution in [0.15, 0.2) is 0 Å². The second-order valence-corrected chi connectivity index (χ2v) is 2.85. The molecule has 0 aromatic heterocycles. The summed E-state index contributed by atoms with van der Waals surface area (Å²) in [4.78, 5) is 9.00. The van der Waals surface area contributed by atoms with Crippen molar-refractivity contribution in [1.29, 1.82) is 0 Å². The van der Waals surface area contributed by atoms with Crippen molar-refractivity contribution in [2.75, 3.05) is 0 Å². The molecule has 0 spiro atoms. The van der Waals surface area contributed by atoms with Gasteiger partial charge in [0.05, 0.1) is 6.10 Å². The van der Waals surface area contributed by atoms with E-state index in [0.717, 1.165) is 26.2 Å². The van der Waals surface area contributed by atoms with Gasteiger partial charge >= 0.3 is 0 Å². The number of carboxylic acids is 1. The van der Waals surface area contributed by atoms with E-state index in [1.54, 1.807) is 0 Å². The van der Waals surface area contributed by atoms with Gasteiger partial charge in [0.25, 0.3) is 5.97 Å². The van der Waals surface area contributed by atoms with Crippen LogP contribution in [0.3, 0.4) is 0 Å². The smallest absolute Gasteiger partial charge is 0.300 e. The van der Waals surface area contributed by atoms with Crippen molar-refractivity contribution < 1.29 is 19.7 Å². The molecule has 0 bridgehead atoms. The first-order chi connectivity index (χ1) is 5.52. The maximum atomic E-state index is 9.00. The highest BCUT2D eigenvalue weighted by atomic mass is 16.6. The van der Waals surface area contributed by atoms with Crippen molar-refractivity contribution in [1.82, 2.24) is 0 Å². The predicted octanol–water partition coefficient (Wildman–Crippen LogP) is 0.985. The monoisotopic (exact) mass is 176 g/mol. The molecule has 4 heteroatoms. The lowest BCUT2D eigenvalue weighted by molar-refractivity contribution is -0.156. The van der Waals surface area contributed by atoms with Crippen molar-refractivity contribution in [3.8, 4) is 0 Å². The summed E-state index contributed by atoms with van der Waals surface area (Å²) in [6, 6.07) is 0. The highest BCUT2D eigenvalue weighted by Gasteiger charge is 2.15. The average Bonchev–Trinajstić information content (AvgIpc) is 1.84. The summed E-state index contributed by atoms with van der Waals surface area (Å²) >= 11 is 0. The molecule has 2 atom stereocenters. The van der Waals surface area contributed by atoms with E-state index in [1.807, 2.05) is 6.92 Å². The van der Waals surface area contributed by atoms with Gasteiger partial charge in [-0.1, -0.05) is 0 Å². The lowest BCUT2D eigenvalue weighted by Crippen LogP contribution is -2.24. The van der Waals surface area contributed by atoms with E-state index in [-0.39, 0.29) is 6.10 Å². The van der Waals surface area contributed by atoms with Gasteiger partial charge in [-0.05, 0) is 26.2 Å². The molecular weight excluding hydrogens is 160 g/mol. The quantitative estimate of drug-likeness (QED) is 0.577. The molecule has 72 valence electrons. The van der Waals surface area contributed by atoms with Gasteiger partial charge < -0.3 is 14.9 Å². The first-order valence-electron chi connectivity index (χ1n) is 4.05. The van der Waals surface area contributed by atoms with Crippen molar-refractivity contribution in [2.24, 2.45) is 0 Å². The number of rotatable bonds is 0. The SMILES string of the molecule is CC(=O)O.C[C@@H]1CCC[C@H](O)O1. The molecule has 0 aliphatic carbocycles. The van der Waals surface area contributed by atoms with Crippen LogP contribution in [0, 0.1) is 0 Å². The number of carboxylic acid groups (broad SMARTS) is 1. The van der Waals surface area contributed by atoms with Crippen molar-refractivity contribution >= 4 is 5.97 Å². The van der Waals surface area contributed by atoms with Crippen LogP contribution in [0.5, 0.6) is 0 Å². The Morgan fingerprint density at radius 2 is 2.00 bits per heavy atom. The minimum absolute atomic E-state index is 0.263. The van der Waals surface area contributed by atoms with E-state index in [9.17, 15) is 0 Å². The number of aliphatic carboxylic acids is 1. The topological polar surface area (TPSA) is 66.8 Å². The summed E-state index contributed by atoms with van der Waals surface area (Å²) in [6.07, 6.45) is 2.78. The van der Waals surface area contributed by atoms with Gasteiger partial charge in [-0.15, -0.1) is 0 Å². The van der Waals surface area contributed by atoms with Crippen LogP contribution >= 0.6 is 0 Å². The second kappa shape index (κ2) is 5.97. The molecule has 2 N–H and O–H groups in total. The molecule has 4 nitrogen and oxygen atoms in total. The predicted molar refractivity (Wildman–Crippen MR) is 43.7 cm³/mol. The molecule has 12 heavy (non-hydrogen) atoms. The molecular formula is C8H16O4. The van der Waals surface area contributed by atoms with E-state index < -0.39 is 12.3 Å². The zero-order valence-corrected chi connectivity index (χ0v) is 7.49. The standard InChI is InChI=1S/C6H12O2.C2H4O2/c1-5-3-2-4-6(7)8-5;1-2(3)4/h5-7H,2-4H2,1H3;1H3,(H,3,4)/t5-,6-;/m1./s1. The van der Waals surface area contributed by atoms with Crippen molar-refractivity contribution in [3.63, 3.8) is 0 Å². The van der Waals surface area contributed by atoms with Crippen molar-refractivity contribution in [2.45, 2.75) is 45.5 Å². The third-order valence-corrected chi connectivity index (χ3v) is 1.45. The largest absolute Gasteiger partial charge is 0.481 e. The zero-order valence-electron chi connectivity index (χ0n) is 7.49. The molecule has 1 fully saturated rings. The minimum Gasteiger partial charge on any atom is -0.481 e. The average molecular weight is 176 g/mol. The summed E-state index contributed by atoms with van der Waals surface area (Å²) in [5.41, 5.74) is 0. The fourth-order valence-corrected chi connectivity index (χ4v) is 0.984. The third-order valence-electron chi connectivity index (χ3n) is 1.45. The molecule has 1 aliphatic heterocycles. The highest BCUT2D eigenvalue weighted by molar-refractivity contribution is 5.62. The Morgan fingerprint density at radius 1 is 1.50 bits per heavy atom. The van der Waals surface area contributed by atoms with Gasteiger partial charge in [0.2, 0.25) is 0 Å². The molecule has 1 rings (SSSR count). The Kier molecular flexibility index (Phi) is 5.66. The Hall–Kier alpha value is -0.610. The molecule has 0 radical (unpaired) electrons. The van der Waals surface area contributed by atoms with Gasteiger partial charge in [0, 0.05) is 6.92 Å². The summed E-state index contributed by atoms with van der Waals surface area (Å²) in [7, 11) is 0. The normalized spacial score (nSPS) is 28.6. The van der Waals surface area contributed by atoms with Crippen LogP contribution in [-0.2, 0) is 9.53 Å². The van der Waals surface area contributed by atoms with Gasteiger partial charge in [0.15, 0.2) is 6.29 Å². The van der Waals surface area contributed by atoms with Gasteiger partial charge in [0.1, 0.15) is 0 Å². The number of aliphatic hydroxyl groups excluding tert-OH is 1. The fraction of sp³-hybridized carbons (Fsp3) is 0.875. The maximum absolute atomic E-state index is 9.00. The molecule has 0 aromatic carbocycles. The first kappa shape index (κ1) is 11.4. The van der Waals surface area contributed by atoms with Crippen LogP contribution in [0.25, 0.3) is 0 Å². The molecule has 0 amide bonds. The summed E-state index contributed by atoms with van der Waals surface area (Å²) in [5.74, 6) is -0.833. The van der Waals surface area contributed by atoms with E-state index >= 15 is 0 Å². The number of carbonyl (C=O) groups is 1. The van der Waals surface area contributed by atoms with Crippen LogP contribution in [-0.4, -0.2) is 28.6 Å². The van der Waals surface area contributed by atoms with E-state index in [0.29, 0.717) is 0 Å². The molecule has 1 aliphatic rings. The van der Waals surface area contributed by atoms with E-state index in [4.69, 9.17) is 19.7 Å². The fourth-order valence-electron chi connectivity index (χ4n) is 0.984. The van der Waals surface area contributed by atoms with Crippen LogP contribution in [0.2, 0.25) is 0 Å². The summed E-state index contributed by atoms with van der Waals surface area (Å²) in [5, 5.41) is 16.3. The Bertz CT molecular complexity index is 123. The van der Waals surface area contributed by atoms with E-state index in [1.165, 1.54) is 0 Å². The number of aliphatic hydroxyl groups is 1. The molecule has 0 saturated carbocycles. The minimum atomic E-state index is -0.833. The van der Waals surface area contributed by atoms with Crippen molar-refractivity contribution in [3.05, 3.63) is 0 Å². The third kappa shape index (κ3) is 7.50.